The van der Waals surface area contributed by atoms with E-state index in [1.807, 2.05) is 4.90 Å². The summed E-state index contributed by atoms with van der Waals surface area (Å²) in [6.07, 6.45) is -0.469. The first-order valence-corrected chi connectivity index (χ1v) is 9.65. The predicted octanol–water partition coefficient (Wildman–Crippen LogP) is 2.10. The van der Waals surface area contributed by atoms with Crippen LogP contribution in [0, 0.1) is 5.82 Å². The molecule has 3 amide bonds. The summed E-state index contributed by atoms with van der Waals surface area (Å²) in [6.45, 7) is 7.17. The standard InChI is InChI=1S/C20H24FN3O6/c1-20(2,3)29-19(28)23-10-8-22(9-11-23)13-4-5-14(15(21)12-13)18(27)30-24-16(25)6-7-17(24)26/h4-5,12H,6-11H2,1-3H3. The SMILES string of the molecule is CC(C)(C)OC(=O)N1CCN(c2ccc(C(=O)ON3C(=O)CCC3=O)c(F)c2)CC1. The summed E-state index contributed by atoms with van der Waals surface area (Å²) in [4.78, 5) is 55.6. The van der Waals surface area contributed by atoms with Gasteiger partial charge in [-0.3, -0.25) is 9.59 Å². The molecule has 1 aromatic carbocycles. The second-order valence-corrected chi connectivity index (χ2v) is 8.08. The number of benzene rings is 1. The molecule has 0 unspecified atom stereocenters. The molecule has 0 bridgehead atoms. The van der Waals surface area contributed by atoms with E-state index in [2.05, 4.69) is 0 Å². The molecule has 3 rings (SSSR count). The fourth-order valence-electron chi connectivity index (χ4n) is 3.13. The van der Waals surface area contributed by atoms with Crippen molar-refractivity contribution in [2.24, 2.45) is 0 Å². The maximum Gasteiger partial charge on any atom is 0.410 e. The summed E-state index contributed by atoms with van der Waals surface area (Å²) in [5, 5.41) is 0.381. The summed E-state index contributed by atoms with van der Waals surface area (Å²) in [5.74, 6) is -3.20. The summed E-state index contributed by atoms with van der Waals surface area (Å²) in [7, 11) is 0. The molecule has 0 atom stereocenters. The Morgan fingerprint density at radius 2 is 1.60 bits per heavy atom. The average Bonchev–Trinajstić information content (AvgIpc) is 2.98. The number of halogens is 1. The molecule has 2 heterocycles. The molecule has 0 radical (unpaired) electrons. The molecule has 30 heavy (non-hydrogen) atoms. The van der Waals surface area contributed by atoms with Crippen LogP contribution in [0.5, 0.6) is 0 Å². The van der Waals surface area contributed by atoms with Crippen molar-refractivity contribution in [1.82, 2.24) is 9.96 Å². The maximum atomic E-state index is 14.5. The van der Waals surface area contributed by atoms with Gasteiger partial charge in [0.1, 0.15) is 11.4 Å². The summed E-state index contributed by atoms with van der Waals surface area (Å²) in [6, 6.07) is 3.99. The molecule has 0 aromatic heterocycles. The highest BCUT2D eigenvalue weighted by Gasteiger charge is 2.34. The molecule has 2 fully saturated rings. The van der Waals surface area contributed by atoms with Crippen LogP contribution >= 0.6 is 0 Å². The summed E-state index contributed by atoms with van der Waals surface area (Å²) in [5.41, 5.74) is -0.411. The lowest BCUT2D eigenvalue weighted by atomic mass is 10.1. The monoisotopic (exact) mass is 421 g/mol. The van der Waals surface area contributed by atoms with Gasteiger partial charge >= 0.3 is 12.1 Å². The van der Waals surface area contributed by atoms with Crippen molar-refractivity contribution in [1.29, 1.82) is 0 Å². The number of nitrogens with zero attached hydrogens (tertiary/aromatic N) is 3. The Morgan fingerprint density at radius 1 is 1.00 bits per heavy atom. The van der Waals surface area contributed by atoms with Gasteiger partial charge in [0.15, 0.2) is 0 Å². The Labute approximate surface area is 173 Å². The zero-order chi connectivity index (χ0) is 22.1. The minimum Gasteiger partial charge on any atom is -0.444 e. The maximum absolute atomic E-state index is 14.5. The molecule has 1 aromatic rings. The van der Waals surface area contributed by atoms with Crippen LogP contribution in [-0.2, 0) is 19.2 Å². The number of carbonyl (C=O) groups is 4. The van der Waals surface area contributed by atoms with E-state index in [9.17, 15) is 23.6 Å². The highest BCUT2D eigenvalue weighted by atomic mass is 19.1. The number of hydrogen-bond donors (Lipinski definition) is 0. The first kappa shape index (κ1) is 21.5. The highest BCUT2D eigenvalue weighted by Crippen LogP contribution is 2.23. The smallest absolute Gasteiger partial charge is 0.410 e. The van der Waals surface area contributed by atoms with Crippen LogP contribution in [0.25, 0.3) is 0 Å². The lowest BCUT2D eigenvalue weighted by molar-refractivity contribution is -0.172. The Balaban J connectivity index is 1.61. The van der Waals surface area contributed by atoms with Crippen LogP contribution in [-0.4, -0.2) is 65.6 Å². The lowest BCUT2D eigenvalue weighted by Gasteiger charge is -2.36. The normalized spacial score (nSPS) is 17.4. The van der Waals surface area contributed by atoms with Gasteiger partial charge in [-0.1, -0.05) is 0 Å². The highest BCUT2D eigenvalue weighted by molar-refractivity contribution is 6.02. The first-order valence-electron chi connectivity index (χ1n) is 9.65. The molecule has 2 saturated heterocycles. The number of hydrogen-bond acceptors (Lipinski definition) is 7. The third-order valence-corrected chi connectivity index (χ3v) is 4.65. The third kappa shape index (κ3) is 4.87. The molecule has 0 saturated carbocycles. The van der Waals surface area contributed by atoms with E-state index in [1.165, 1.54) is 12.1 Å². The van der Waals surface area contributed by atoms with Gasteiger partial charge in [0.25, 0.3) is 11.8 Å². The van der Waals surface area contributed by atoms with Crippen LogP contribution < -0.4 is 4.90 Å². The minimum atomic E-state index is -1.11. The van der Waals surface area contributed by atoms with Gasteiger partial charge in [-0.05, 0) is 39.0 Å². The van der Waals surface area contributed by atoms with Crippen LogP contribution in [0.15, 0.2) is 18.2 Å². The molecule has 0 spiro atoms. The molecule has 9 nitrogen and oxygen atoms in total. The number of hydroxylamine groups is 2. The third-order valence-electron chi connectivity index (χ3n) is 4.65. The molecular formula is C20H24FN3O6. The fourth-order valence-corrected chi connectivity index (χ4v) is 3.13. The van der Waals surface area contributed by atoms with Gasteiger partial charge in [-0.25, -0.2) is 14.0 Å². The van der Waals surface area contributed by atoms with Gasteiger partial charge in [0, 0.05) is 44.7 Å². The number of imide groups is 1. The molecule has 0 N–H and O–H groups in total. The van der Waals surface area contributed by atoms with Crippen LogP contribution in [0.3, 0.4) is 0 Å². The van der Waals surface area contributed by atoms with E-state index in [0.29, 0.717) is 36.9 Å². The number of amides is 3. The van der Waals surface area contributed by atoms with Crippen molar-refractivity contribution in [3.05, 3.63) is 29.6 Å². The minimum absolute atomic E-state index is 0.0389. The number of carbonyl (C=O) groups excluding carboxylic acids is 4. The Morgan fingerprint density at radius 3 is 2.13 bits per heavy atom. The predicted molar refractivity (Wildman–Crippen MR) is 103 cm³/mol. The molecule has 162 valence electrons. The topological polar surface area (TPSA) is 96.5 Å². The fraction of sp³-hybridized carbons (Fsp3) is 0.500. The Bertz CT molecular complexity index is 858. The van der Waals surface area contributed by atoms with Crippen molar-refractivity contribution in [3.63, 3.8) is 0 Å². The molecule has 10 heteroatoms. The summed E-state index contributed by atoms with van der Waals surface area (Å²) < 4.78 is 19.9. The summed E-state index contributed by atoms with van der Waals surface area (Å²) >= 11 is 0. The number of ether oxygens (including phenoxy) is 1. The van der Waals surface area contributed by atoms with Gasteiger partial charge in [0.2, 0.25) is 0 Å². The van der Waals surface area contributed by atoms with Gasteiger partial charge < -0.3 is 19.4 Å². The van der Waals surface area contributed by atoms with E-state index >= 15 is 0 Å². The quantitative estimate of drug-likeness (QED) is 0.690. The lowest BCUT2D eigenvalue weighted by Crippen LogP contribution is -2.50. The zero-order valence-corrected chi connectivity index (χ0v) is 17.1. The van der Waals surface area contributed by atoms with E-state index in [0.717, 1.165) is 0 Å². The van der Waals surface area contributed by atoms with Crippen molar-refractivity contribution in [3.8, 4) is 0 Å². The first-order chi connectivity index (χ1) is 14.0. The molecule has 0 aliphatic carbocycles. The molecule has 2 aliphatic rings. The second-order valence-electron chi connectivity index (χ2n) is 8.08. The number of piperazine rings is 1. The van der Waals surface area contributed by atoms with Gasteiger partial charge in [-0.2, -0.15) is 0 Å². The van der Waals surface area contributed by atoms with E-state index < -0.39 is 35.3 Å². The largest absolute Gasteiger partial charge is 0.444 e. The number of anilines is 1. The van der Waals surface area contributed by atoms with Gasteiger partial charge in [-0.15, -0.1) is 5.06 Å². The van der Waals surface area contributed by atoms with Crippen LogP contribution in [0.1, 0.15) is 44.0 Å². The number of rotatable bonds is 3. The van der Waals surface area contributed by atoms with E-state index in [4.69, 9.17) is 9.57 Å². The van der Waals surface area contributed by atoms with E-state index in [1.54, 1.807) is 31.7 Å². The average molecular weight is 421 g/mol. The van der Waals surface area contributed by atoms with Crippen LogP contribution in [0.2, 0.25) is 0 Å². The Kier molecular flexibility index (Phi) is 5.95. The van der Waals surface area contributed by atoms with Crippen molar-refractivity contribution >= 4 is 29.6 Å². The Hall–Kier alpha value is -3.17. The molecular weight excluding hydrogens is 397 g/mol. The van der Waals surface area contributed by atoms with E-state index in [-0.39, 0.29) is 18.4 Å². The van der Waals surface area contributed by atoms with Crippen molar-refractivity contribution in [2.45, 2.75) is 39.2 Å². The van der Waals surface area contributed by atoms with Crippen molar-refractivity contribution < 1.29 is 33.1 Å². The second kappa shape index (κ2) is 8.29. The molecule has 2 aliphatic heterocycles. The van der Waals surface area contributed by atoms with Crippen molar-refractivity contribution in [2.75, 3.05) is 31.1 Å². The van der Waals surface area contributed by atoms with Gasteiger partial charge in [0.05, 0.1) is 5.56 Å². The zero-order valence-electron chi connectivity index (χ0n) is 17.1. The van der Waals surface area contributed by atoms with Crippen LogP contribution in [0.4, 0.5) is 14.9 Å².